The van der Waals surface area contributed by atoms with Crippen LogP contribution < -0.4 is 5.32 Å². The molecule has 0 aromatic heterocycles. The zero-order valence-electron chi connectivity index (χ0n) is 12.5. The molecule has 1 unspecified atom stereocenters. The van der Waals surface area contributed by atoms with Crippen molar-refractivity contribution in [3.8, 4) is 0 Å². The van der Waals surface area contributed by atoms with Crippen molar-refractivity contribution in [2.45, 2.75) is 63.5 Å². The maximum absolute atomic E-state index is 12.8. The highest BCUT2D eigenvalue weighted by molar-refractivity contribution is 7.86. The fourth-order valence-electron chi connectivity index (χ4n) is 3.22. The maximum atomic E-state index is 12.8. The molecule has 2 saturated heterocycles. The van der Waals surface area contributed by atoms with E-state index in [2.05, 4.69) is 5.32 Å². The third-order valence-electron chi connectivity index (χ3n) is 4.62. The Morgan fingerprint density at radius 2 is 1.57 bits per heavy atom. The van der Waals surface area contributed by atoms with Crippen molar-refractivity contribution in [3.05, 3.63) is 0 Å². The average molecular weight is 315 g/mol. The smallest absolute Gasteiger partial charge is 0.282 e. The van der Waals surface area contributed by atoms with Crippen molar-refractivity contribution < 1.29 is 13.2 Å². The van der Waals surface area contributed by atoms with Crippen LogP contribution in [0.4, 0.5) is 0 Å². The highest BCUT2D eigenvalue weighted by atomic mass is 32.2. The van der Waals surface area contributed by atoms with Crippen LogP contribution in [0.1, 0.15) is 51.4 Å². The lowest BCUT2D eigenvalue weighted by atomic mass is 10.2. The van der Waals surface area contributed by atoms with E-state index in [0.717, 1.165) is 44.9 Å². The predicted octanol–water partition coefficient (Wildman–Crippen LogP) is 0.850. The van der Waals surface area contributed by atoms with Gasteiger partial charge in [0.05, 0.1) is 0 Å². The Hall–Kier alpha value is -0.660. The van der Waals surface area contributed by atoms with Gasteiger partial charge in [-0.2, -0.15) is 17.0 Å². The lowest BCUT2D eigenvalue weighted by Gasteiger charge is -2.29. The van der Waals surface area contributed by atoms with Gasteiger partial charge in [0.15, 0.2) is 0 Å². The molecule has 3 fully saturated rings. The standard InChI is InChI=1S/C14H25N3O3S/c18-14(15-12-7-8-12)13-6-5-11-17(13)21(19,20)16-9-3-1-2-4-10-16/h12-13H,1-11H2,(H,15,18). The summed E-state index contributed by atoms with van der Waals surface area (Å²) in [5.74, 6) is -0.103. The molecule has 2 aliphatic heterocycles. The van der Waals surface area contributed by atoms with Gasteiger partial charge in [0.25, 0.3) is 10.2 Å². The van der Waals surface area contributed by atoms with Gasteiger partial charge >= 0.3 is 0 Å². The molecule has 7 heteroatoms. The van der Waals surface area contributed by atoms with Crippen molar-refractivity contribution in [1.29, 1.82) is 0 Å². The quantitative estimate of drug-likeness (QED) is 0.836. The molecule has 1 N–H and O–H groups in total. The molecule has 0 radical (unpaired) electrons. The maximum Gasteiger partial charge on any atom is 0.282 e. The second-order valence-corrected chi connectivity index (χ2v) is 8.25. The zero-order chi connectivity index (χ0) is 14.9. The molecule has 21 heavy (non-hydrogen) atoms. The topological polar surface area (TPSA) is 69.7 Å². The van der Waals surface area contributed by atoms with Gasteiger partial charge in [-0.3, -0.25) is 4.79 Å². The molecule has 6 nitrogen and oxygen atoms in total. The lowest BCUT2D eigenvalue weighted by Crippen LogP contribution is -2.51. The van der Waals surface area contributed by atoms with Gasteiger partial charge in [-0.05, 0) is 38.5 Å². The van der Waals surface area contributed by atoms with E-state index in [9.17, 15) is 13.2 Å². The molecular formula is C14H25N3O3S. The van der Waals surface area contributed by atoms with Gasteiger partial charge in [0, 0.05) is 25.7 Å². The third-order valence-corrected chi connectivity index (χ3v) is 6.67. The summed E-state index contributed by atoms with van der Waals surface area (Å²) in [4.78, 5) is 12.3. The van der Waals surface area contributed by atoms with E-state index in [-0.39, 0.29) is 11.9 Å². The van der Waals surface area contributed by atoms with Crippen LogP contribution in [0, 0.1) is 0 Å². The average Bonchev–Trinajstić information content (AvgIpc) is 3.18. The summed E-state index contributed by atoms with van der Waals surface area (Å²) >= 11 is 0. The monoisotopic (exact) mass is 315 g/mol. The number of carbonyl (C=O) groups is 1. The first-order chi connectivity index (χ1) is 10.1. The van der Waals surface area contributed by atoms with Gasteiger partial charge in [-0.25, -0.2) is 0 Å². The van der Waals surface area contributed by atoms with Gasteiger partial charge in [0.2, 0.25) is 5.91 Å². The first-order valence-corrected chi connectivity index (χ1v) is 9.56. The van der Waals surface area contributed by atoms with Crippen LogP contribution in [0.25, 0.3) is 0 Å². The SMILES string of the molecule is O=C(NC1CC1)C1CCCN1S(=O)(=O)N1CCCCCC1. The number of amides is 1. The molecule has 1 aliphatic carbocycles. The Morgan fingerprint density at radius 3 is 2.19 bits per heavy atom. The number of carbonyl (C=O) groups excluding carboxylic acids is 1. The second kappa shape index (κ2) is 6.22. The molecule has 2 heterocycles. The number of hydrogen-bond donors (Lipinski definition) is 1. The Kier molecular flexibility index (Phi) is 4.51. The van der Waals surface area contributed by atoms with Crippen molar-refractivity contribution in [1.82, 2.24) is 13.9 Å². The van der Waals surface area contributed by atoms with Crippen molar-refractivity contribution >= 4 is 16.1 Å². The fourth-order valence-corrected chi connectivity index (χ4v) is 5.12. The van der Waals surface area contributed by atoms with Crippen molar-refractivity contribution in [2.75, 3.05) is 19.6 Å². The van der Waals surface area contributed by atoms with Crippen LogP contribution in [0.5, 0.6) is 0 Å². The molecule has 0 spiro atoms. The van der Waals surface area contributed by atoms with Crippen LogP contribution >= 0.6 is 0 Å². The molecule has 3 rings (SSSR count). The Morgan fingerprint density at radius 1 is 0.905 bits per heavy atom. The molecule has 120 valence electrons. The first kappa shape index (κ1) is 15.2. The summed E-state index contributed by atoms with van der Waals surface area (Å²) in [5, 5.41) is 2.95. The van der Waals surface area contributed by atoms with Crippen LogP contribution in [-0.4, -0.2) is 54.7 Å². The summed E-state index contributed by atoms with van der Waals surface area (Å²) in [6, 6.07) is -0.223. The van der Waals surface area contributed by atoms with E-state index in [4.69, 9.17) is 0 Å². The lowest BCUT2D eigenvalue weighted by molar-refractivity contribution is -0.124. The highest BCUT2D eigenvalue weighted by Gasteiger charge is 2.42. The Bertz CT molecular complexity index is 482. The van der Waals surface area contributed by atoms with Crippen molar-refractivity contribution in [3.63, 3.8) is 0 Å². The first-order valence-electron chi connectivity index (χ1n) is 8.16. The zero-order valence-corrected chi connectivity index (χ0v) is 13.3. The number of rotatable bonds is 4. The predicted molar refractivity (Wildman–Crippen MR) is 79.9 cm³/mol. The minimum Gasteiger partial charge on any atom is -0.352 e. The van der Waals surface area contributed by atoms with Crippen LogP contribution in [0.15, 0.2) is 0 Å². The van der Waals surface area contributed by atoms with E-state index in [1.54, 1.807) is 4.31 Å². The normalized spacial score (nSPS) is 29.2. The van der Waals surface area contributed by atoms with Gasteiger partial charge in [-0.1, -0.05) is 12.8 Å². The fraction of sp³-hybridized carbons (Fsp3) is 0.929. The van der Waals surface area contributed by atoms with E-state index in [0.29, 0.717) is 26.1 Å². The molecule has 3 aliphatic rings. The largest absolute Gasteiger partial charge is 0.352 e. The van der Waals surface area contributed by atoms with Gasteiger partial charge in [-0.15, -0.1) is 0 Å². The number of hydrogen-bond acceptors (Lipinski definition) is 3. The summed E-state index contributed by atoms with van der Waals surface area (Å²) < 4.78 is 28.7. The summed E-state index contributed by atoms with van der Waals surface area (Å²) in [6.07, 6.45) is 7.50. The highest BCUT2D eigenvalue weighted by Crippen LogP contribution is 2.27. The van der Waals surface area contributed by atoms with Gasteiger partial charge < -0.3 is 5.32 Å². The van der Waals surface area contributed by atoms with E-state index in [1.165, 1.54) is 4.31 Å². The van der Waals surface area contributed by atoms with E-state index in [1.807, 2.05) is 0 Å². The van der Waals surface area contributed by atoms with Crippen molar-refractivity contribution in [2.24, 2.45) is 0 Å². The molecule has 0 bridgehead atoms. The van der Waals surface area contributed by atoms with E-state index >= 15 is 0 Å². The molecule has 1 amide bonds. The Labute approximate surface area is 127 Å². The summed E-state index contributed by atoms with van der Waals surface area (Å²) in [5.41, 5.74) is 0. The number of nitrogens with zero attached hydrogens (tertiary/aromatic N) is 2. The molecule has 1 atom stereocenters. The van der Waals surface area contributed by atoms with Gasteiger partial charge in [0.1, 0.15) is 6.04 Å². The van der Waals surface area contributed by atoms with Crippen LogP contribution in [0.3, 0.4) is 0 Å². The third kappa shape index (κ3) is 3.40. The van der Waals surface area contributed by atoms with E-state index < -0.39 is 16.3 Å². The molecule has 0 aromatic rings. The molecule has 0 aromatic carbocycles. The summed E-state index contributed by atoms with van der Waals surface area (Å²) in [7, 11) is -3.49. The second-order valence-electron chi connectivity index (χ2n) is 6.37. The Balaban J connectivity index is 1.71. The van der Waals surface area contributed by atoms with Crippen LogP contribution in [0.2, 0.25) is 0 Å². The minimum absolute atomic E-state index is 0.103. The minimum atomic E-state index is -3.49. The molecular weight excluding hydrogens is 290 g/mol. The summed E-state index contributed by atoms with van der Waals surface area (Å²) in [6.45, 7) is 1.66. The number of nitrogens with one attached hydrogen (secondary N) is 1. The van der Waals surface area contributed by atoms with Crippen LogP contribution in [-0.2, 0) is 15.0 Å². The molecule has 1 saturated carbocycles.